The van der Waals surface area contributed by atoms with Gasteiger partial charge in [0.25, 0.3) is 0 Å². The standard InChI is InChI=1S/C14H21N/c1-5-13(14(3,4)11(2)15)12-9-7-6-8-10-12/h5-11H,15H2,1-4H3/b13-5-. The number of nitrogens with two attached hydrogens (primary N) is 1. The highest BCUT2D eigenvalue weighted by Crippen LogP contribution is 2.36. The second-order valence-electron chi connectivity index (χ2n) is 4.58. The van der Waals surface area contributed by atoms with Crippen LogP contribution in [0.3, 0.4) is 0 Å². The van der Waals surface area contributed by atoms with E-state index in [1.165, 1.54) is 11.1 Å². The highest BCUT2D eigenvalue weighted by atomic mass is 14.7. The van der Waals surface area contributed by atoms with Crippen LogP contribution in [0.1, 0.15) is 33.3 Å². The van der Waals surface area contributed by atoms with Crippen molar-refractivity contribution in [2.45, 2.75) is 33.7 Å². The van der Waals surface area contributed by atoms with E-state index in [2.05, 4.69) is 58.0 Å². The molecule has 15 heavy (non-hydrogen) atoms. The van der Waals surface area contributed by atoms with Crippen molar-refractivity contribution in [2.75, 3.05) is 0 Å². The van der Waals surface area contributed by atoms with Gasteiger partial charge in [-0.3, -0.25) is 0 Å². The first-order valence-electron chi connectivity index (χ1n) is 5.48. The average molecular weight is 203 g/mol. The zero-order chi connectivity index (χ0) is 11.5. The number of rotatable bonds is 3. The maximum absolute atomic E-state index is 6.04. The van der Waals surface area contributed by atoms with Gasteiger partial charge in [0.1, 0.15) is 0 Å². The van der Waals surface area contributed by atoms with Crippen molar-refractivity contribution in [3.8, 4) is 0 Å². The molecule has 82 valence electrons. The third kappa shape index (κ3) is 2.48. The molecule has 0 aliphatic rings. The van der Waals surface area contributed by atoms with Crippen molar-refractivity contribution in [3.05, 3.63) is 42.0 Å². The van der Waals surface area contributed by atoms with E-state index >= 15 is 0 Å². The zero-order valence-corrected chi connectivity index (χ0v) is 10.1. The van der Waals surface area contributed by atoms with Crippen LogP contribution in [0.15, 0.2) is 36.4 Å². The molecule has 0 aliphatic heterocycles. The Bertz CT molecular complexity index is 334. The fraction of sp³-hybridized carbons (Fsp3) is 0.429. The lowest BCUT2D eigenvalue weighted by Crippen LogP contribution is -2.35. The molecule has 0 radical (unpaired) electrons. The summed E-state index contributed by atoms with van der Waals surface area (Å²) in [4.78, 5) is 0. The van der Waals surface area contributed by atoms with E-state index in [9.17, 15) is 0 Å². The molecule has 0 bridgehead atoms. The molecular weight excluding hydrogens is 182 g/mol. The van der Waals surface area contributed by atoms with Crippen molar-refractivity contribution in [1.82, 2.24) is 0 Å². The minimum Gasteiger partial charge on any atom is -0.327 e. The van der Waals surface area contributed by atoms with E-state index in [1.54, 1.807) is 0 Å². The second-order valence-corrected chi connectivity index (χ2v) is 4.58. The largest absolute Gasteiger partial charge is 0.327 e. The zero-order valence-electron chi connectivity index (χ0n) is 10.1. The first-order chi connectivity index (χ1) is 7.00. The van der Waals surface area contributed by atoms with Crippen LogP contribution in [0.25, 0.3) is 5.57 Å². The van der Waals surface area contributed by atoms with E-state index in [-0.39, 0.29) is 11.5 Å². The second kappa shape index (κ2) is 4.63. The topological polar surface area (TPSA) is 26.0 Å². The van der Waals surface area contributed by atoms with Gasteiger partial charge < -0.3 is 5.73 Å². The van der Waals surface area contributed by atoms with Crippen molar-refractivity contribution in [3.63, 3.8) is 0 Å². The summed E-state index contributed by atoms with van der Waals surface area (Å²) < 4.78 is 0. The van der Waals surface area contributed by atoms with Crippen molar-refractivity contribution >= 4 is 5.57 Å². The van der Waals surface area contributed by atoms with Gasteiger partial charge in [-0.25, -0.2) is 0 Å². The van der Waals surface area contributed by atoms with Gasteiger partial charge in [-0.15, -0.1) is 0 Å². The normalized spacial score (nSPS) is 15.1. The Morgan fingerprint density at radius 1 is 1.27 bits per heavy atom. The Labute approximate surface area is 93.0 Å². The van der Waals surface area contributed by atoms with Gasteiger partial charge >= 0.3 is 0 Å². The molecule has 0 saturated carbocycles. The number of hydrogen-bond donors (Lipinski definition) is 1. The average Bonchev–Trinajstić information content (AvgIpc) is 2.19. The summed E-state index contributed by atoms with van der Waals surface area (Å²) in [6.45, 7) is 8.53. The van der Waals surface area contributed by atoms with Crippen LogP contribution < -0.4 is 5.73 Å². The van der Waals surface area contributed by atoms with Crippen LogP contribution in [-0.2, 0) is 0 Å². The van der Waals surface area contributed by atoms with Crippen LogP contribution in [-0.4, -0.2) is 6.04 Å². The van der Waals surface area contributed by atoms with E-state index in [0.29, 0.717) is 0 Å². The summed E-state index contributed by atoms with van der Waals surface area (Å²) in [5.41, 5.74) is 8.64. The molecule has 1 unspecified atom stereocenters. The third-order valence-corrected chi connectivity index (χ3v) is 3.21. The van der Waals surface area contributed by atoms with Crippen LogP contribution in [0.2, 0.25) is 0 Å². The predicted octanol–water partition coefficient (Wildman–Crippen LogP) is 3.46. The Kier molecular flexibility index (Phi) is 3.70. The Morgan fingerprint density at radius 3 is 2.20 bits per heavy atom. The summed E-state index contributed by atoms with van der Waals surface area (Å²) in [5, 5.41) is 0. The molecular formula is C14H21N. The maximum atomic E-state index is 6.04. The maximum Gasteiger partial charge on any atom is 0.0103 e. The van der Waals surface area contributed by atoms with Gasteiger partial charge in [-0.05, 0) is 25.0 Å². The number of allylic oxidation sites excluding steroid dienone is 1. The predicted molar refractivity (Wildman–Crippen MR) is 67.5 cm³/mol. The van der Waals surface area contributed by atoms with Crippen molar-refractivity contribution in [2.24, 2.45) is 11.1 Å². The molecule has 0 aliphatic carbocycles. The Balaban J connectivity index is 3.12. The first kappa shape index (κ1) is 12.0. The van der Waals surface area contributed by atoms with E-state index in [1.807, 2.05) is 6.07 Å². The van der Waals surface area contributed by atoms with E-state index in [0.717, 1.165) is 0 Å². The number of hydrogen-bond acceptors (Lipinski definition) is 1. The van der Waals surface area contributed by atoms with Gasteiger partial charge in [0.15, 0.2) is 0 Å². The lowest BCUT2D eigenvalue weighted by atomic mass is 9.75. The Morgan fingerprint density at radius 2 is 1.80 bits per heavy atom. The summed E-state index contributed by atoms with van der Waals surface area (Å²) in [7, 11) is 0. The van der Waals surface area contributed by atoms with Gasteiger partial charge in [-0.2, -0.15) is 0 Å². The van der Waals surface area contributed by atoms with Crippen LogP contribution in [0, 0.1) is 5.41 Å². The fourth-order valence-corrected chi connectivity index (χ4v) is 1.77. The highest BCUT2D eigenvalue weighted by Gasteiger charge is 2.27. The molecule has 0 heterocycles. The summed E-state index contributed by atoms with van der Waals surface area (Å²) in [6, 6.07) is 10.6. The first-order valence-corrected chi connectivity index (χ1v) is 5.48. The summed E-state index contributed by atoms with van der Waals surface area (Å²) >= 11 is 0. The molecule has 1 nitrogen and oxygen atoms in total. The smallest absolute Gasteiger partial charge is 0.0103 e. The number of benzene rings is 1. The summed E-state index contributed by atoms with van der Waals surface area (Å²) in [6.07, 6.45) is 2.17. The minimum absolute atomic E-state index is 0.0100. The lowest BCUT2D eigenvalue weighted by Gasteiger charge is -2.32. The summed E-state index contributed by atoms with van der Waals surface area (Å²) in [5.74, 6) is 0. The SMILES string of the molecule is C/C=C(/c1ccccc1)C(C)(C)C(C)N. The molecule has 0 saturated heterocycles. The molecule has 0 spiro atoms. The molecule has 1 aromatic rings. The van der Waals surface area contributed by atoms with Crippen molar-refractivity contribution in [1.29, 1.82) is 0 Å². The third-order valence-electron chi connectivity index (χ3n) is 3.21. The van der Waals surface area contributed by atoms with Gasteiger partial charge in [0.2, 0.25) is 0 Å². The Hall–Kier alpha value is -1.08. The monoisotopic (exact) mass is 203 g/mol. The molecule has 1 atom stereocenters. The molecule has 0 aromatic heterocycles. The van der Waals surface area contributed by atoms with Crippen LogP contribution in [0.5, 0.6) is 0 Å². The lowest BCUT2D eigenvalue weighted by molar-refractivity contribution is 0.411. The van der Waals surface area contributed by atoms with Gasteiger partial charge in [0, 0.05) is 11.5 Å². The van der Waals surface area contributed by atoms with Gasteiger partial charge in [-0.1, -0.05) is 50.3 Å². The minimum atomic E-state index is 0.0100. The molecule has 0 amide bonds. The molecule has 1 rings (SSSR count). The fourth-order valence-electron chi connectivity index (χ4n) is 1.77. The molecule has 2 N–H and O–H groups in total. The van der Waals surface area contributed by atoms with Crippen molar-refractivity contribution < 1.29 is 0 Å². The quantitative estimate of drug-likeness (QED) is 0.800. The van der Waals surface area contributed by atoms with E-state index < -0.39 is 0 Å². The molecule has 1 aromatic carbocycles. The van der Waals surface area contributed by atoms with Gasteiger partial charge in [0.05, 0.1) is 0 Å². The van der Waals surface area contributed by atoms with E-state index in [4.69, 9.17) is 5.73 Å². The highest BCUT2D eigenvalue weighted by molar-refractivity contribution is 5.70. The van der Waals surface area contributed by atoms with Crippen LogP contribution >= 0.6 is 0 Å². The molecule has 0 fully saturated rings. The molecule has 1 heteroatoms. The van der Waals surface area contributed by atoms with Crippen LogP contribution in [0.4, 0.5) is 0 Å².